The number of halogens is 1. The molecule has 0 bridgehead atoms. The second-order valence-corrected chi connectivity index (χ2v) is 10.4. The van der Waals surface area contributed by atoms with Gasteiger partial charge in [0.25, 0.3) is 15.9 Å². The summed E-state index contributed by atoms with van der Waals surface area (Å²) < 4.78 is 39.2. The molecule has 0 fully saturated rings. The summed E-state index contributed by atoms with van der Waals surface area (Å²) in [5, 5.41) is 4.38. The molecule has 196 valence electrons. The second-order valence-electron chi connectivity index (χ2n) is 8.12. The van der Waals surface area contributed by atoms with E-state index in [4.69, 9.17) is 21.1 Å². The molecule has 0 saturated heterocycles. The Morgan fingerprint density at radius 2 is 1.65 bits per heavy atom. The average molecular weight is 544 g/mol. The van der Waals surface area contributed by atoms with Crippen LogP contribution in [0.3, 0.4) is 0 Å². The van der Waals surface area contributed by atoms with Gasteiger partial charge in [0.05, 0.1) is 30.0 Å². The van der Waals surface area contributed by atoms with Gasteiger partial charge < -0.3 is 9.47 Å². The Bertz CT molecular complexity index is 1380. The molecule has 0 aliphatic rings. The Labute approximate surface area is 222 Å². The molecule has 0 aliphatic carbocycles. The maximum absolute atomic E-state index is 13.5. The number of ether oxygens (including phenoxy) is 2. The number of hydrazone groups is 1. The number of nitrogens with one attached hydrogen (secondary N) is 1. The first kappa shape index (κ1) is 28.0. The molecule has 0 radical (unpaired) electrons. The fourth-order valence-corrected chi connectivity index (χ4v) is 4.97. The summed E-state index contributed by atoms with van der Waals surface area (Å²) in [6, 6.07) is 16.5. The predicted molar refractivity (Wildman–Crippen MR) is 146 cm³/mol. The van der Waals surface area contributed by atoms with Crippen LogP contribution in [0, 0.1) is 13.8 Å². The summed E-state index contributed by atoms with van der Waals surface area (Å²) in [5.41, 5.74) is 5.04. The van der Waals surface area contributed by atoms with Crippen LogP contribution < -0.4 is 19.2 Å². The first-order valence-electron chi connectivity index (χ1n) is 11.7. The van der Waals surface area contributed by atoms with Crippen molar-refractivity contribution in [3.05, 3.63) is 82.4 Å². The van der Waals surface area contributed by atoms with Crippen molar-refractivity contribution in [1.29, 1.82) is 0 Å². The summed E-state index contributed by atoms with van der Waals surface area (Å²) in [5.74, 6) is 0.546. The van der Waals surface area contributed by atoms with E-state index in [1.54, 1.807) is 42.5 Å². The predicted octanol–water partition coefficient (Wildman–Crippen LogP) is 5.10. The van der Waals surface area contributed by atoms with E-state index in [9.17, 15) is 13.2 Å². The minimum Gasteiger partial charge on any atom is -0.490 e. The molecule has 1 amide bonds. The number of rotatable bonds is 11. The maximum Gasteiger partial charge on any atom is 0.264 e. The van der Waals surface area contributed by atoms with E-state index < -0.39 is 22.5 Å². The molecule has 3 rings (SSSR count). The molecule has 3 aromatic rings. The first-order valence-corrected chi connectivity index (χ1v) is 13.5. The highest BCUT2D eigenvalue weighted by Gasteiger charge is 2.27. The summed E-state index contributed by atoms with van der Waals surface area (Å²) in [6.07, 6.45) is 1.44. The van der Waals surface area contributed by atoms with Crippen LogP contribution in [0.2, 0.25) is 5.02 Å². The van der Waals surface area contributed by atoms with Crippen LogP contribution in [-0.2, 0) is 14.8 Å². The van der Waals surface area contributed by atoms with Gasteiger partial charge in [-0.15, -0.1) is 0 Å². The van der Waals surface area contributed by atoms with Crippen molar-refractivity contribution in [3.8, 4) is 11.5 Å². The van der Waals surface area contributed by atoms with Gasteiger partial charge in [0.15, 0.2) is 11.5 Å². The zero-order valence-corrected chi connectivity index (χ0v) is 22.8. The van der Waals surface area contributed by atoms with Crippen LogP contribution in [0.15, 0.2) is 70.7 Å². The molecule has 0 unspecified atom stereocenters. The number of hydrogen-bond acceptors (Lipinski definition) is 6. The lowest BCUT2D eigenvalue weighted by atomic mass is 10.2. The summed E-state index contributed by atoms with van der Waals surface area (Å²) in [6.45, 7) is 7.89. The Balaban J connectivity index is 1.82. The normalized spacial score (nSPS) is 11.4. The lowest BCUT2D eigenvalue weighted by Gasteiger charge is -2.24. The largest absolute Gasteiger partial charge is 0.490 e. The number of aryl methyl sites for hydroxylation is 2. The number of benzene rings is 3. The summed E-state index contributed by atoms with van der Waals surface area (Å²) >= 11 is 6.26. The number of carbonyl (C=O) groups is 1. The van der Waals surface area contributed by atoms with Crippen LogP contribution in [0.25, 0.3) is 0 Å². The smallest absolute Gasteiger partial charge is 0.264 e. The summed E-state index contributed by atoms with van der Waals surface area (Å²) in [7, 11) is -4.06. The fourth-order valence-electron chi connectivity index (χ4n) is 3.38. The Hall–Kier alpha value is -3.56. The van der Waals surface area contributed by atoms with Gasteiger partial charge in [-0.2, -0.15) is 5.10 Å². The van der Waals surface area contributed by atoms with Crippen molar-refractivity contribution < 1.29 is 22.7 Å². The van der Waals surface area contributed by atoms with Crippen LogP contribution in [0.5, 0.6) is 11.5 Å². The number of amides is 1. The molecule has 0 saturated carbocycles. The van der Waals surface area contributed by atoms with Gasteiger partial charge in [-0.25, -0.2) is 13.8 Å². The lowest BCUT2D eigenvalue weighted by molar-refractivity contribution is -0.119. The molecule has 8 nitrogen and oxygen atoms in total. The monoisotopic (exact) mass is 543 g/mol. The standard InChI is InChI=1S/C27H30ClN3O5S/c1-5-35-25-14-10-21(15-26(25)36-6-2)17-29-30-27(32)18-31(22-11-9-20(4)24(28)16-22)37(33,34)23-12-7-19(3)8-13-23/h7-17H,5-6,18H2,1-4H3,(H,30,32)/b29-17-. The zero-order valence-electron chi connectivity index (χ0n) is 21.2. The molecule has 3 aromatic carbocycles. The molecule has 0 aliphatic heterocycles. The lowest BCUT2D eigenvalue weighted by Crippen LogP contribution is -2.39. The molecule has 0 spiro atoms. The van der Waals surface area contributed by atoms with Crippen LogP contribution in [-0.4, -0.2) is 40.3 Å². The molecular formula is C27H30ClN3O5S. The highest BCUT2D eigenvalue weighted by molar-refractivity contribution is 7.92. The third-order valence-electron chi connectivity index (χ3n) is 5.31. The molecule has 0 aromatic heterocycles. The molecule has 10 heteroatoms. The van der Waals surface area contributed by atoms with E-state index in [1.165, 1.54) is 24.4 Å². The van der Waals surface area contributed by atoms with Crippen molar-refractivity contribution in [3.63, 3.8) is 0 Å². The second kappa shape index (κ2) is 12.6. The molecule has 0 atom stereocenters. The fraction of sp³-hybridized carbons (Fsp3) is 0.259. The third kappa shape index (κ3) is 7.24. The SMILES string of the molecule is CCOc1ccc(/C=N\NC(=O)CN(c2ccc(C)c(Cl)c2)S(=O)(=O)c2ccc(C)cc2)cc1OCC. The van der Waals surface area contributed by atoms with Crippen LogP contribution in [0.1, 0.15) is 30.5 Å². The Morgan fingerprint density at radius 1 is 0.973 bits per heavy atom. The van der Waals surface area contributed by atoms with Gasteiger partial charge in [0.1, 0.15) is 6.54 Å². The van der Waals surface area contributed by atoms with Gasteiger partial charge >= 0.3 is 0 Å². The number of carbonyl (C=O) groups excluding carboxylic acids is 1. The van der Waals surface area contributed by atoms with E-state index in [-0.39, 0.29) is 10.6 Å². The van der Waals surface area contributed by atoms with E-state index >= 15 is 0 Å². The average Bonchev–Trinajstić information content (AvgIpc) is 2.86. The van der Waals surface area contributed by atoms with Gasteiger partial charge in [-0.05, 0) is 81.3 Å². The van der Waals surface area contributed by atoms with E-state index in [2.05, 4.69) is 10.5 Å². The van der Waals surface area contributed by atoms with E-state index in [0.29, 0.717) is 35.3 Å². The minimum absolute atomic E-state index is 0.0592. The Morgan fingerprint density at radius 3 is 2.30 bits per heavy atom. The van der Waals surface area contributed by atoms with Crippen molar-refractivity contribution >= 4 is 39.4 Å². The van der Waals surface area contributed by atoms with Crippen LogP contribution in [0.4, 0.5) is 5.69 Å². The molecule has 1 N–H and O–H groups in total. The van der Waals surface area contributed by atoms with Gasteiger partial charge in [-0.3, -0.25) is 9.10 Å². The number of hydrogen-bond donors (Lipinski definition) is 1. The van der Waals surface area contributed by atoms with Crippen molar-refractivity contribution in [2.75, 3.05) is 24.1 Å². The van der Waals surface area contributed by atoms with Gasteiger partial charge in [0.2, 0.25) is 0 Å². The maximum atomic E-state index is 13.5. The number of anilines is 1. The van der Waals surface area contributed by atoms with Crippen molar-refractivity contribution in [2.24, 2.45) is 5.10 Å². The van der Waals surface area contributed by atoms with Crippen LogP contribution >= 0.6 is 11.6 Å². The molecular weight excluding hydrogens is 514 g/mol. The number of nitrogens with zero attached hydrogens (tertiary/aromatic N) is 2. The zero-order chi connectivity index (χ0) is 27.0. The van der Waals surface area contributed by atoms with E-state index in [0.717, 1.165) is 15.4 Å². The van der Waals surface area contributed by atoms with Crippen molar-refractivity contribution in [2.45, 2.75) is 32.6 Å². The minimum atomic E-state index is -4.06. The number of sulfonamides is 1. The Kier molecular flexibility index (Phi) is 9.54. The highest BCUT2D eigenvalue weighted by Crippen LogP contribution is 2.29. The van der Waals surface area contributed by atoms with E-state index in [1.807, 2.05) is 27.7 Å². The first-order chi connectivity index (χ1) is 17.6. The van der Waals surface area contributed by atoms with Crippen molar-refractivity contribution in [1.82, 2.24) is 5.43 Å². The summed E-state index contributed by atoms with van der Waals surface area (Å²) in [4.78, 5) is 12.9. The molecule has 37 heavy (non-hydrogen) atoms. The van der Waals surface area contributed by atoms with Gasteiger partial charge in [-0.1, -0.05) is 35.4 Å². The quantitative estimate of drug-likeness (QED) is 0.268. The topological polar surface area (TPSA) is 97.3 Å². The molecule has 0 heterocycles. The highest BCUT2D eigenvalue weighted by atomic mass is 35.5. The van der Waals surface area contributed by atoms with Gasteiger partial charge in [0, 0.05) is 5.02 Å². The third-order valence-corrected chi connectivity index (χ3v) is 7.51.